The molecule has 0 aromatic heterocycles. The maximum atomic E-state index is 3.75. The Morgan fingerprint density at radius 1 is 1.33 bits per heavy atom. The molecule has 0 unspecified atom stereocenters. The van der Waals surface area contributed by atoms with E-state index in [4.69, 9.17) is 0 Å². The number of unbranched alkanes of at least 4 members (excludes halogenated alkanes) is 1. The Labute approximate surface area is 99.1 Å². The van der Waals surface area contributed by atoms with Gasteiger partial charge in [-0.2, -0.15) is 11.8 Å². The van der Waals surface area contributed by atoms with Gasteiger partial charge in [-0.3, -0.25) is 0 Å². The van der Waals surface area contributed by atoms with Crippen LogP contribution in [0.15, 0.2) is 12.7 Å². The smallest absolute Gasteiger partial charge is 0.0281 e. The van der Waals surface area contributed by atoms with E-state index in [1.165, 1.54) is 45.1 Å². The molecular formula is C13H25NS. The van der Waals surface area contributed by atoms with E-state index in [0.29, 0.717) is 4.75 Å². The van der Waals surface area contributed by atoms with Crippen molar-refractivity contribution >= 4 is 11.8 Å². The third-order valence-corrected chi connectivity index (χ3v) is 4.83. The lowest BCUT2D eigenvalue weighted by Gasteiger charge is -2.36. The van der Waals surface area contributed by atoms with E-state index in [1.807, 2.05) is 6.08 Å². The summed E-state index contributed by atoms with van der Waals surface area (Å²) in [6.07, 6.45) is 13.8. The van der Waals surface area contributed by atoms with Crippen LogP contribution >= 0.6 is 11.8 Å². The fourth-order valence-electron chi connectivity index (χ4n) is 2.34. The Balaban J connectivity index is 2.17. The zero-order chi connectivity index (χ0) is 11.0. The number of hydrogen-bond donors (Lipinski definition) is 1. The molecule has 0 aromatic carbocycles. The van der Waals surface area contributed by atoms with Crippen molar-refractivity contribution in [3.8, 4) is 0 Å². The molecule has 0 spiro atoms. The first-order chi connectivity index (χ1) is 7.33. The summed E-state index contributed by atoms with van der Waals surface area (Å²) >= 11 is 2.07. The average Bonchev–Trinajstić information content (AvgIpc) is 2.30. The zero-order valence-electron chi connectivity index (χ0n) is 10.1. The minimum absolute atomic E-state index is 0.548. The molecule has 0 saturated heterocycles. The summed E-state index contributed by atoms with van der Waals surface area (Å²) in [5, 5.41) is 3.61. The van der Waals surface area contributed by atoms with E-state index in [1.54, 1.807) is 0 Å². The Bertz CT molecular complexity index is 173. The van der Waals surface area contributed by atoms with E-state index in [-0.39, 0.29) is 0 Å². The van der Waals surface area contributed by atoms with Crippen molar-refractivity contribution in [1.82, 2.24) is 5.32 Å². The summed E-state index contributed by atoms with van der Waals surface area (Å²) in [7, 11) is 0. The Morgan fingerprint density at radius 3 is 2.67 bits per heavy atom. The summed E-state index contributed by atoms with van der Waals surface area (Å²) in [6.45, 7) is 6.09. The molecule has 88 valence electrons. The van der Waals surface area contributed by atoms with Crippen LogP contribution in [0.3, 0.4) is 0 Å². The van der Waals surface area contributed by atoms with Crippen LogP contribution < -0.4 is 5.32 Å². The summed E-state index contributed by atoms with van der Waals surface area (Å²) in [5.74, 6) is 0. The van der Waals surface area contributed by atoms with Gasteiger partial charge in [-0.25, -0.2) is 0 Å². The van der Waals surface area contributed by atoms with Gasteiger partial charge in [-0.05, 0) is 38.5 Å². The minimum atomic E-state index is 0.548. The van der Waals surface area contributed by atoms with Crippen molar-refractivity contribution in [2.75, 3.05) is 19.3 Å². The van der Waals surface area contributed by atoms with Gasteiger partial charge < -0.3 is 5.32 Å². The van der Waals surface area contributed by atoms with E-state index in [2.05, 4.69) is 29.9 Å². The number of rotatable bonds is 7. The van der Waals surface area contributed by atoms with Gasteiger partial charge in [0.15, 0.2) is 0 Å². The van der Waals surface area contributed by atoms with Crippen LogP contribution in [0.4, 0.5) is 0 Å². The van der Waals surface area contributed by atoms with Gasteiger partial charge in [0.1, 0.15) is 0 Å². The quantitative estimate of drug-likeness (QED) is 0.527. The second-order valence-corrected chi connectivity index (χ2v) is 5.83. The highest BCUT2D eigenvalue weighted by atomic mass is 32.2. The summed E-state index contributed by atoms with van der Waals surface area (Å²) < 4.78 is 0.548. The highest BCUT2D eigenvalue weighted by Crippen LogP contribution is 2.37. The summed E-state index contributed by atoms with van der Waals surface area (Å²) in [6, 6.07) is 0. The van der Waals surface area contributed by atoms with Crippen LogP contribution in [0, 0.1) is 0 Å². The maximum absolute atomic E-state index is 3.75. The van der Waals surface area contributed by atoms with Crippen LogP contribution in [-0.2, 0) is 0 Å². The van der Waals surface area contributed by atoms with E-state index in [0.717, 1.165) is 13.0 Å². The molecule has 1 N–H and O–H groups in total. The number of hydrogen-bond acceptors (Lipinski definition) is 2. The summed E-state index contributed by atoms with van der Waals surface area (Å²) in [4.78, 5) is 0. The fourth-order valence-corrected chi connectivity index (χ4v) is 3.28. The molecule has 1 fully saturated rings. The van der Waals surface area contributed by atoms with Crippen LogP contribution in [-0.4, -0.2) is 24.1 Å². The molecule has 0 heterocycles. The first-order valence-corrected chi connectivity index (χ1v) is 7.42. The van der Waals surface area contributed by atoms with Crippen molar-refractivity contribution < 1.29 is 0 Å². The lowest BCUT2D eigenvalue weighted by atomic mass is 9.88. The lowest BCUT2D eigenvalue weighted by molar-refractivity contribution is 0.379. The molecule has 1 aliphatic rings. The van der Waals surface area contributed by atoms with Crippen LogP contribution in [0.25, 0.3) is 0 Å². The number of thioether (sulfide) groups is 1. The first-order valence-electron chi connectivity index (χ1n) is 6.20. The summed E-state index contributed by atoms with van der Waals surface area (Å²) in [5.41, 5.74) is 0. The molecule has 15 heavy (non-hydrogen) atoms. The Kier molecular flexibility index (Phi) is 6.42. The predicted molar refractivity (Wildman–Crippen MR) is 71.6 cm³/mol. The normalized spacial score (nSPS) is 20.1. The molecule has 0 atom stereocenters. The third-order valence-electron chi connectivity index (χ3n) is 3.41. The molecule has 2 heteroatoms. The molecular weight excluding hydrogens is 202 g/mol. The van der Waals surface area contributed by atoms with Gasteiger partial charge in [0.25, 0.3) is 0 Å². The van der Waals surface area contributed by atoms with E-state index < -0.39 is 0 Å². The highest BCUT2D eigenvalue weighted by Gasteiger charge is 2.30. The van der Waals surface area contributed by atoms with Crippen molar-refractivity contribution in [3.63, 3.8) is 0 Å². The minimum Gasteiger partial charge on any atom is -0.315 e. The van der Waals surface area contributed by atoms with Gasteiger partial charge in [0, 0.05) is 11.3 Å². The third kappa shape index (κ3) is 4.60. The molecule has 1 aliphatic carbocycles. The van der Waals surface area contributed by atoms with Gasteiger partial charge in [0.05, 0.1) is 0 Å². The second kappa shape index (κ2) is 7.34. The van der Waals surface area contributed by atoms with Gasteiger partial charge in [0.2, 0.25) is 0 Å². The standard InChI is InChI=1S/C13H25NS/c1-3-4-8-11-14-12-13(15-2)9-6-5-7-10-13/h3,14H,1,4-12H2,2H3. The monoisotopic (exact) mass is 227 g/mol. The largest absolute Gasteiger partial charge is 0.315 e. The Hall–Kier alpha value is 0.0500. The van der Waals surface area contributed by atoms with Crippen molar-refractivity contribution in [1.29, 1.82) is 0 Å². The number of nitrogens with one attached hydrogen (secondary N) is 1. The molecule has 1 rings (SSSR count). The predicted octanol–water partition coefficient (Wildman–Crippen LogP) is 3.61. The van der Waals surface area contributed by atoms with Crippen molar-refractivity contribution in [2.45, 2.75) is 49.7 Å². The van der Waals surface area contributed by atoms with Crippen molar-refractivity contribution in [3.05, 3.63) is 12.7 Å². The van der Waals surface area contributed by atoms with Crippen LogP contribution in [0.2, 0.25) is 0 Å². The molecule has 0 radical (unpaired) electrons. The topological polar surface area (TPSA) is 12.0 Å². The SMILES string of the molecule is C=CCCCNCC1(SC)CCCCC1. The molecule has 1 saturated carbocycles. The Morgan fingerprint density at radius 2 is 2.07 bits per heavy atom. The first kappa shape index (κ1) is 13.1. The molecule has 1 nitrogen and oxygen atoms in total. The average molecular weight is 227 g/mol. The highest BCUT2D eigenvalue weighted by molar-refractivity contribution is 8.00. The number of allylic oxidation sites excluding steroid dienone is 1. The lowest BCUT2D eigenvalue weighted by Crippen LogP contribution is -2.39. The second-order valence-electron chi connectivity index (χ2n) is 4.56. The fraction of sp³-hybridized carbons (Fsp3) is 0.846. The maximum Gasteiger partial charge on any atom is 0.0281 e. The van der Waals surface area contributed by atoms with Gasteiger partial charge in [-0.15, -0.1) is 6.58 Å². The molecule has 0 aliphatic heterocycles. The van der Waals surface area contributed by atoms with E-state index in [9.17, 15) is 0 Å². The molecule has 0 aromatic rings. The van der Waals surface area contributed by atoms with Crippen LogP contribution in [0.1, 0.15) is 44.9 Å². The van der Waals surface area contributed by atoms with Gasteiger partial charge in [-0.1, -0.05) is 25.3 Å². The van der Waals surface area contributed by atoms with Gasteiger partial charge >= 0.3 is 0 Å². The van der Waals surface area contributed by atoms with E-state index >= 15 is 0 Å². The van der Waals surface area contributed by atoms with Crippen molar-refractivity contribution in [2.24, 2.45) is 0 Å². The zero-order valence-corrected chi connectivity index (χ0v) is 10.9. The molecule has 0 amide bonds. The van der Waals surface area contributed by atoms with Crippen LogP contribution in [0.5, 0.6) is 0 Å². The molecule has 0 bridgehead atoms.